The minimum atomic E-state index is -4.65. The molecule has 0 saturated heterocycles. The van der Waals surface area contributed by atoms with Crippen molar-refractivity contribution < 1.29 is 17.9 Å². The van der Waals surface area contributed by atoms with Crippen molar-refractivity contribution in [2.24, 2.45) is 5.92 Å². The lowest BCUT2D eigenvalue weighted by Crippen LogP contribution is -2.10. The predicted molar refractivity (Wildman–Crippen MR) is 97.4 cm³/mol. The van der Waals surface area contributed by atoms with Crippen molar-refractivity contribution >= 4 is 23.2 Å². The van der Waals surface area contributed by atoms with Crippen molar-refractivity contribution in [3.63, 3.8) is 0 Å². The molecule has 3 aromatic heterocycles. The van der Waals surface area contributed by atoms with Gasteiger partial charge in [0.2, 0.25) is 5.88 Å². The number of aromatic nitrogens is 5. The molecule has 0 aliphatic carbocycles. The summed E-state index contributed by atoms with van der Waals surface area (Å²) in [6.45, 7) is 6.44. The molecule has 0 spiro atoms. The summed E-state index contributed by atoms with van der Waals surface area (Å²) in [6, 6.07) is 3.27. The van der Waals surface area contributed by atoms with Gasteiger partial charge in [-0.05, 0) is 24.5 Å². The topological polar surface area (TPSA) is 77.2 Å². The quantitative estimate of drug-likeness (QED) is 0.653. The third-order valence-corrected chi connectivity index (χ3v) is 3.86. The molecule has 0 bridgehead atoms. The van der Waals surface area contributed by atoms with Gasteiger partial charge in [0.05, 0.1) is 6.61 Å². The molecule has 0 unspecified atom stereocenters. The standard InChI is InChI=1S/C17H18ClF3N6O/c1-9(2)8-28-14-12(18)5-11(7-23-14)6-22-13-4-10(3)24-16-25-15(17(19,20)21)26-27(13)16/h4-5,7,9,22H,6,8H2,1-3H3. The minimum absolute atomic E-state index is 0.136. The van der Waals surface area contributed by atoms with Crippen LogP contribution in [0.2, 0.25) is 5.02 Å². The van der Waals surface area contributed by atoms with E-state index in [9.17, 15) is 13.2 Å². The number of anilines is 1. The van der Waals surface area contributed by atoms with E-state index in [4.69, 9.17) is 16.3 Å². The van der Waals surface area contributed by atoms with Crippen LogP contribution in [-0.4, -0.2) is 31.2 Å². The largest absolute Gasteiger partial charge is 0.476 e. The Labute approximate surface area is 163 Å². The van der Waals surface area contributed by atoms with Crippen LogP contribution in [0.1, 0.15) is 30.9 Å². The Bertz CT molecular complexity index is 989. The second kappa shape index (κ2) is 7.78. The van der Waals surface area contributed by atoms with Crippen molar-refractivity contribution in [1.82, 2.24) is 24.6 Å². The van der Waals surface area contributed by atoms with Crippen molar-refractivity contribution in [3.8, 4) is 5.88 Å². The first-order valence-electron chi connectivity index (χ1n) is 8.46. The summed E-state index contributed by atoms with van der Waals surface area (Å²) in [6.07, 6.45) is -3.07. The Morgan fingerprint density at radius 1 is 1.25 bits per heavy atom. The molecule has 3 aromatic rings. The molecular formula is C17H18ClF3N6O. The van der Waals surface area contributed by atoms with Crippen LogP contribution in [0.25, 0.3) is 5.78 Å². The van der Waals surface area contributed by atoms with Gasteiger partial charge in [-0.2, -0.15) is 22.7 Å². The lowest BCUT2D eigenvalue weighted by Gasteiger charge is -2.11. The van der Waals surface area contributed by atoms with Crippen molar-refractivity contribution in [2.45, 2.75) is 33.5 Å². The second-order valence-corrected chi connectivity index (χ2v) is 7.02. The van der Waals surface area contributed by atoms with Crippen LogP contribution in [0.3, 0.4) is 0 Å². The maximum Gasteiger partial charge on any atom is 0.453 e. The molecule has 0 fully saturated rings. The Hall–Kier alpha value is -2.62. The maximum atomic E-state index is 12.9. The van der Waals surface area contributed by atoms with Gasteiger partial charge in [0.15, 0.2) is 0 Å². The fourth-order valence-electron chi connectivity index (χ4n) is 2.34. The third-order valence-electron chi connectivity index (χ3n) is 3.58. The monoisotopic (exact) mass is 414 g/mol. The number of aryl methyl sites for hydroxylation is 1. The van der Waals surface area contributed by atoms with Crippen LogP contribution in [0.5, 0.6) is 5.88 Å². The van der Waals surface area contributed by atoms with Crippen molar-refractivity contribution in [1.29, 1.82) is 0 Å². The number of hydrogen-bond acceptors (Lipinski definition) is 6. The van der Waals surface area contributed by atoms with Crippen LogP contribution in [0, 0.1) is 12.8 Å². The van der Waals surface area contributed by atoms with Crippen LogP contribution in [0.4, 0.5) is 19.0 Å². The maximum absolute atomic E-state index is 12.9. The molecule has 28 heavy (non-hydrogen) atoms. The molecule has 0 amide bonds. The summed E-state index contributed by atoms with van der Waals surface area (Å²) < 4.78 is 45.2. The lowest BCUT2D eigenvalue weighted by atomic mass is 10.2. The molecule has 0 aliphatic heterocycles. The molecule has 0 aliphatic rings. The van der Waals surface area contributed by atoms with Crippen LogP contribution in [-0.2, 0) is 12.7 Å². The Morgan fingerprint density at radius 3 is 2.64 bits per heavy atom. The minimum Gasteiger partial charge on any atom is -0.476 e. The molecule has 3 heterocycles. The highest BCUT2D eigenvalue weighted by Crippen LogP contribution is 2.27. The van der Waals surface area contributed by atoms with Gasteiger partial charge in [-0.3, -0.25) is 0 Å². The fraction of sp³-hybridized carbons (Fsp3) is 0.412. The SMILES string of the molecule is Cc1cc(NCc2cnc(OCC(C)C)c(Cl)c2)n2nc(C(F)(F)F)nc2n1. The number of nitrogens with zero attached hydrogens (tertiary/aromatic N) is 5. The highest BCUT2D eigenvalue weighted by atomic mass is 35.5. The zero-order valence-corrected chi connectivity index (χ0v) is 16.1. The van der Waals surface area contributed by atoms with Crippen molar-refractivity contribution in [3.05, 3.63) is 40.4 Å². The van der Waals surface area contributed by atoms with Gasteiger partial charge in [0, 0.05) is 24.5 Å². The number of ether oxygens (including phenoxy) is 1. The number of fused-ring (bicyclic) bond motifs is 1. The third kappa shape index (κ3) is 4.61. The molecule has 3 rings (SSSR count). The van der Waals surface area contributed by atoms with E-state index in [1.807, 2.05) is 13.8 Å². The molecule has 0 radical (unpaired) electrons. The van der Waals surface area contributed by atoms with Crippen LogP contribution < -0.4 is 10.1 Å². The number of hydrogen-bond donors (Lipinski definition) is 1. The van der Waals surface area contributed by atoms with E-state index < -0.39 is 12.0 Å². The van der Waals surface area contributed by atoms with E-state index >= 15 is 0 Å². The van der Waals surface area contributed by atoms with Gasteiger partial charge in [0.25, 0.3) is 11.6 Å². The number of rotatable bonds is 6. The molecule has 1 N–H and O–H groups in total. The van der Waals surface area contributed by atoms with E-state index in [1.54, 1.807) is 25.3 Å². The Kier molecular flexibility index (Phi) is 5.59. The summed E-state index contributed by atoms with van der Waals surface area (Å²) in [4.78, 5) is 11.6. The van der Waals surface area contributed by atoms with Gasteiger partial charge < -0.3 is 10.1 Å². The summed E-state index contributed by atoms with van der Waals surface area (Å²) in [5, 5.41) is 6.88. The molecule has 0 saturated carbocycles. The first-order chi connectivity index (χ1) is 13.1. The van der Waals surface area contributed by atoms with Gasteiger partial charge in [-0.1, -0.05) is 25.4 Å². The Balaban J connectivity index is 1.80. The van der Waals surface area contributed by atoms with Gasteiger partial charge >= 0.3 is 6.18 Å². The lowest BCUT2D eigenvalue weighted by molar-refractivity contribution is -0.144. The molecule has 150 valence electrons. The predicted octanol–water partition coefficient (Wildman–Crippen LogP) is 4.15. The Morgan fingerprint density at radius 2 is 2.00 bits per heavy atom. The van der Waals surface area contributed by atoms with E-state index in [-0.39, 0.29) is 12.3 Å². The summed E-state index contributed by atoms with van der Waals surface area (Å²) in [7, 11) is 0. The average molecular weight is 415 g/mol. The number of pyridine rings is 1. The highest BCUT2D eigenvalue weighted by molar-refractivity contribution is 6.31. The van der Waals surface area contributed by atoms with Crippen LogP contribution >= 0.6 is 11.6 Å². The van der Waals surface area contributed by atoms with Gasteiger partial charge in [-0.25, -0.2) is 9.97 Å². The van der Waals surface area contributed by atoms with Gasteiger partial charge in [0.1, 0.15) is 10.8 Å². The molecule has 0 aromatic carbocycles. The van der Waals surface area contributed by atoms with Gasteiger partial charge in [-0.15, -0.1) is 5.10 Å². The molecule has 0 atom stereocenters. The smallest absolute Gasteiger partial charge is 0.453 e. The summed E-state index contributed by atoms with van der Waals surface area (Å²) >= 11 is 6.19. The zero-order valence-electron chi connectivity index (χ0n) is 15.4. The first kappa shape index (κ1) is 20.1. The fourth-order valence-corrected chi connectivity index (χ4v) is 2.58. The number of halogens is 4. The molecule has 11 heteroatoms. The number of alkyl halides is 3. The summed E-state index contributed by atoms with van der Waals surface area (Å²) in [5.41, 5.74) is 1.23. The number of nitrogens with one attached hydrogen (secondary N) is 1. The molecular weight excluding hydrogens is 397 g/mol. The highest BCUT2D eigenvalue weighted by Gasteiger charge is 2.36. The average Bonchev–Trinajstić information content (AvgIpc) is 3.03. The second-order valence-electron chi connectivity index (χ2n) is 6.62. The van der Waals surface area contributed by atoms with E-state index in [0.717, 1.165) is 10.1 Å². The normalized spacial score (nSPS) is 12.0. The molecule has 7 nitrogen and oxygen atoms in total. The summed E-state index contributed by atoms with van der Waals surface area (Å²) in [5.74, 6) is -0.386. The zero-order chi connectivity index (χ0) is 20.5. The van der Waals surface area contributed by atoms with E-state index in [1.165, 1.54) is 0 Å². The van der Waals surface area contributed by atoms with E-state index in [2.05, 4.69) is 25.4 Å². The van der Waals surface area contributed by atoms with Crippen LogP contribution in [0.15, 0.2) is 18.3 Å². The first-order valence-corrected chi connectivity index (χ1v) is 8.84. The van der Waals surface area contributed by atoms with Crippen molar-refractivity contribution in [2.75, 3.05) is 11.9 Å². The van der Waals surface area contributed by atoms with E-state index in [0.29, 0.717) is 34.9 Å².